The molecule has 252 valence electrons. The van der Waals surface area contributed by atoms with E-state index in [1.807, 2.05) is 182 Å². The molecule has 6 aromatic carbocycles. The van der Waals surface area contributed by atoms with Crippen molar-refractivity contribution in [1.82, 2.24) is 0 Å². The highest BCUT2D eigenvalue weighted by atomic mass is 28.6. The van der Waals surface area contributed by atoms with E-state index in [4.69, 9.17) is 37.0 Å². The minimum absolute atomic E-state index is 0.713. The molecule has 0 saturated carbocycles. The van der Waals surface area contributed by atoms with E-state index in [1.54, 1.807) is 0 Å². The molecule has 0 amide bonds. The molecule has 6 bridgehead atoms. The molecule has 0 aromatic heterocycles. The minimum Gasteiger partial charge on any atom is -0.366 e. The van der Waals surface area contributed by atoms with Crippen LogP contribution in [0.25, 0.3) is 0 Å². The van der Waals surface area contributed by atoms with E-state index in [-0.39, 0.29) is 0 Å². The Kier molecular flexibility index (Phi) is 7.45. The van der Waals surface area contributed by atoms with Gasteiger partial charge in [0.05, 0.1) is 0 Å². The van der Waals surface area contributed by atoms with Gasteiger partial charge >= 0.3 is 52.8 Å². The standard InChI is InChI=1S/C36H30O9Si6/c1-7-19-31(20-8-1)46-37-47(32-21-9-2-10-22-32)39-48(38-46,33-23-11-3-12-24-33)45-51(36-29-17-6-18-30-36)41-49(43-46,34-25-13-4-14-26-34)40-50(42-51,44-47)35-27-15-5-16-28-35/h1-30H. The fourth-order valence-electron chi connectivity index (χ4n) is 6.88. The third kappa shape index (κ3) is 5.03. The van der Waals surface area contributed by atoms with Crippen molar-refractivity contribution in [2.24, 2.45) is 0 Å². The van der Waals surface area contributed by atoms with E-state index in [9.17, 15) is 0 Å². The van der Waals surface area contributed by atoms with Crippen molar-refractivity contribution in [2.45, 2.75) is 0 Å². The molecular weight excluding hydrogens is 745 g/mol. The molecule has 0 unspecified atom stereocenters. The molecule has 5 heterocycles. The fraction of sp³-hybridized carbons (Fsp3) is 0. The predicted molar refractivity (Wildman–Crippen MR) is 201 cm³/mol. The number of hydrogen-bond donors (Lipinski definition) is 0. The average molecular weight is 775 g/mol. The molecule has 9 nitrogen and oxygen atoms in total. The Hall–Kier alpha value is -3.74. The maximum absolute atomic E-state index is 7.68. The second-order valence-electron chi connectivity index (χ2n) is 12.5. The SMILES string of the molecule is c1ccc([Si]23O[Si]4(c5ccccc5)O[Si](c5ccccc5)(O2)O[Si]2(c5ccccc5)O[Si](c5ccccc5)(O[Si](c5ccccc5)(O2)O4)O3)cc1. The van der Waals surface area contributed by atoms with E-state index in [1.165, 1.54) is 0 Å². The normalized spacial score (nSPS) is 33.6. The molecule has 5 fully saturated rings. The first-order valence-corrected chi connectivity index (χ1v) is 27.0. The Bertz CT molecular complexity index is 1760. The summed E-state index contributed by atoms with van der Waals surface area (Å²) >= 11 is 0. The zero-order valence-electron chi connectivity index (χ0n) is 27.0. The molecule has 0 aliphatic carbocycles. The Balaban J connectivity index is 1.37. The van der Waals surface area contributed by atoms with E-state index in [0.717, 1.165) is 0 Å². The van der Waals surface area contributed by atoms with Gasteiger partial charge in [-0.05, 0) is 0 Å². The van der Waals surface area contributed by atoms with Crippen LogP contribution in [0, 0.1) is 0 Å². The van der Waals surface area contributed by atoms with Gasteiger partial charge in [0.2, 0.25) is 0 Å². The zero-order valence-corrected chi connectivity index (χ0v) is 33.0. The van der Waals surface area contributed by atoms with E-state index in [0.29, 0.717) is 31.1 Å². The molecule has 6 aromatic rings. The van der Waals surface area contributed by atoms with Crippen molar-refractivity contribution in [3.8, 4) is 0 Å². The van der Waals surface area contributed by atoms with Gasteiger partial charge in [-0.25, -0.2) is 0 Å². The van der Waals surface area contributed by atoms with Crippen LogP contribution in [0.4, 0.5) is 0 Å². The van der Waals surface area contributed by atoms with Crippen LogP contribution < -0.4 is 31.1 Å². The van der Waals surface area contributed by atoms with Gasteiger partial charge < -0.3 is 37.0 Å². The lowest BCUT2D eigenvalue weighted by atomic mass is 10.4. The monoisotopic (exact) mass is 774 g/mol. The van der Waals surface area contributed by atoms with Gasteiger partial charge in [0.25, 0.3) is 0 Å². The molecule has 0 spiro atoms. The quantitative estimate of drug-likeness (QED) is 0.237. The predicted octanol–water partition coefficient (Wildman–Crippen LogP) is 2.27. The molecule has 51 heavy (non-hydrogen) atoms. The van der Waals surface area contributed by atoms with Crippen molar-refractivity contribution >= 4 is 83.9 Å². The summed E-state index contributed by atoms with van der Waals surface area (Å²) in [6.07, 6.45) is 0. The Morgan fingerprint density at radius 3 is 0.412 bits per heavy atom. The Morgan fingerprint density at radius 2 is 0.294 bits per heavy atom. The first kappa shape index (κ1) is 32.0. The van der Waals surface area contributed by atoms with Gasteiger partial charge in [-0.3, -0.25) is 0 Å². The molecule has 15 heteroatoms. The lowest BCUT2D eigenvalue weighted by Gasteiger charge is -2.62. The van der Waals surface area contributed by atoms with E-state index >= 15 is 0 Å². The highest BCUT2D eigenvalue weighted by Crippen LogP contribution is 2.47. The summed E-state index contributed by atoms with van der Waals surface area (Å²) in [5.41, 5.74) is 0. The molecule has 5 aliphatic rings. The first-order valence-electron chi connectivity index (χ1n) is 16.6. The van der Waals surface area contributed by atoms with Crippen LogP contribution in [-0.4, -0.2) is 52.8 Å². The molecule has 5 saturated heterocycles. The summed E-state index contributed by atoms with van der Waals surface area (Å²) in [6, 6.07) is 58.6. The van der Waals surface area contributed by atoms with Gasteiger partial charge in [-0.1, -0.05) is 182 Å². The minimum atomic E-state index is -4.18. The molecule has 0 N–H and O–H groups in total. The second kappa shape index (κ2) is 11.9. The smallest absolute Gasteiger partial charge is 0.366 e. The third-order valence-corrected chi connectivity index (χ3v) is 34.8. The van der Waals surface area contributed by atoms with Crippen LogP contribution in [0.1, 0.15) is 0 Å². The van der Waals surface area contributed by atoms with Gasteiger partial charge in [-0.2, -0.15) is 0 Å². The van der Waals surface area contributed by atoms with Gasteiger partial charge in [0.15, 0.2) is 0 Å². The van der Waals surface area contributed by atoms with Gasteiger partial charge in [0.1, 0.15) is 0 Å². The lowest BCUT2D eigenvalue weighted by molar-refractivity contribution is -0.00412. The summed E-state index contributed by atoms with van der Waals surface area (Å²) in [7, 11) is -25.1. The summed E-state index contributed by atoms with van der Waals surface area (Å²) in [5, 5.41) is 4.28. The summed E-state index contributed by atoms with van der Waals surface area (Å²) in [5.74, 6) is 0. The number of rotatable bonds is 6. The van der Waals surface area contributed by atoms with Gasteiger partial charge in [-0.15, -0.1) is 0 Å². The summed E-state index contributed by atoms with van der Waals surface area (Å²) in [4.78, 5) is 0. The topological polar surface area (TPSA) is 83.1 Å². The molecule has 0 radical (unpaired) electrons. The van der Waals surface area contributed by atoms with E-state index < -0.39 is 52.8 Å². The summed E-state index contributed by atoms with van der Waals surface area (Å²) in [6.45, 7) is 0. The van der Waals surface area contributed by atoms with Gasteiger partial charge in [0, 0.05) is 31.1 Å². The maximum Gasteiger partial charge on any atom is 0.515 e. The van der Waals surface area contributed by atoms with Crippen LogP contribution in [0.2, 0.25) is 0 Å². The highest BCUT2D eigenvalue weighted by Gasteiger charge is 2.85. The third-order valence-electron chi connectivity index (χ3n) is 9.18. The van der Waals surface area contributed by atoms with Crippen LogP contribution in [0.5, 0.6) is 0 Å². The fourth-order valence-corrected chi connectivity index (χ4v) is 41.5. The molecule has 5 aliphatic heterocycles. The van der Waals surface area contributed by atoms with Crippen LogP contribution in [-0.2, 0) is 37.0 Å². The first-order chi connectivity index (χ1) is 25.0. The van der Waals surface area contributed by atoms with Crippen molar-refractivity contribution < 1.29 is 37.0 Å². The van der Waals surface area contributed by atoms with Crippen molar-refractivity contribution in [1.29, 1.82) is 0 Å². The van der Waals surface area contributed by atoms with Crippen LogP contribution in [0.15, 0.2) is 182 Å². The molecular formula is C36H30O9Si6. The lowest BCUT2D eigenvalue weighted by Crippen LogP contribution is -2.96. The maximum atomic E-state index is 7.68. The van der Waals surface area contributed by atoms with Crippen molar-refractivity contribution in [3.63, 3.8) is 0 Å². The Morgan fingerprint density at radius 1 is 0.176 bits per heavy atom. The highest BCUT2D eigenvalue weighted by molar-refractivity contribution is 7.14. The van der Waals surface area contributed by atoms with E-state index in [2.05, 4.69) is 0 Å². The largest absolute Gasteiger partial charge is 0.515 e. The average Bonchev–Trinajstić information content (AvgIpc) is 3.19. The zero-order chi connectivity index (χ0) is 34.0. The molecule has 11 rings (SSSR count). The Labute approximate surface area is 301 Å². The molecule has 0 atom stereocenters. The number of hydrogen-bond acceptors (Lipinski definition) is 9. The summed E-state index contributed by atoms with van der Waals surface area (Å²) < 4.78 is 67.9. The second-order valence-corrected chi connectivity index (χ2v) is 29.9. The number of benzene rings is 6. The van der Waals surface area contributed by atoms with Crippen molar-refractivity contribution in [3.05, 3.63) is 182 Å². The van der Waals surface area contributed by atoms with Crippen LogP contribution >= 0.6 is 0 Å². The van der Waals surface area contributed by atoms with Crippen LogP contribution in [0.3, 0.4) is 0 Å². The van der Waals surface area contributed by atoms with Crippen molar-refractivity contribution in [2.75, 3.05) is 0 Å².